The standard InChI is InChI=1S/C18H19N5O2S/c1-2-25-16-10-8-14(9-11-16)19-17(24)12-13-26-18-20-21-22-23(18)15-6-4-3-5-7-15/h3-11H,2,12-13H2,1H3,(H,19,24). The molecule has 0 saturated heterocycles. The third-order valence-electron chi connectivity index (χ3n) is 3.45. The summed E-state index contributed by atoms with van der Waals surface area (Å²) < 4.78 is 7.04. The number of benzene rings is 2. The van der Waals surface area contributed by atoms with Gasteiger partial charge < -0.3 is 10.1 Å². The second kappa shape index (κ2) is 9.00. The van der Waals surface area contributed by atoms with Crippen molar-refractivity contribution in [3.8, 4) is 11.4 Å². The van der Waals surface area contributed by atoms with Crippen molar-refractivity contribution >= 4 is 23.4 Å². The zero-order valence-corrected chi connectivity index (χ0v) is 15.1. The van der Waals surface area contributed by atoms with Crippen LogP contribution >= 0.6 is 11.8 Å². The molecule has 1 heterocycles. The van der Waals surface area contributed by atoms with Crippen LogP contribution in [0.5, 0.6) is 5.75 Å². The molecule has 0 spiro atoms. The second-order valence-electron chi connectivity index (χ2n) is 5.31. The Kier molecular flexibility index (Phi) is 6.21. The summed E-state index contributed by atoms with van der Waals surface area (Å²) in [7, 11) is 0. The first-order valence-electron chi connectivity index (χ1n) is 8.25. The van der Waals surface area contributed by atoms with Crippen LogP contribution in [-0.4, -0.2) is 38.5 Å². The molecule has 3 rings (SSSR count). The number of carbonyl (C=O) groups is 1. The molecule has 0 saturated carbocycles. The van der Waals surface area contributed by atoms with Crippen molar-refractivity contribution in [1.29, 1.82) is 0 Å². The highest BCUT2D eigenvalue weighted by Crippen LogP contribution is 2.19. The van der Waals surface area contributed by atoms with E-state index in [4.69, 9.17) is 4.74 Å². The highest BCUT2D eigenvalue weighted by molar-refractivity contribution is 7.99. The van der Waals surface area contributed by atoms with Crippen LogP contribution in [0.25, 0.3) is 5.69 Å². The molecule has 0 aliphatic heterocycles. The fourth-order valence-corrected chi connectivity index (χ4v) is 3.09. The predicted molar refractivity (Wildman–Crippen MR) is 101 cm³/mol. The van der Waals surface area contributed by atoms with Crippen molar-refractivity contribution in [3.05, 3.63) is 54.6 Å². The molecule has 0 aliphatic rings. The lowest BCUT2D eigenvalue weighted by atomic mass is 10.3. The van der Waals surface area contributed by atoms with E-state index in [0.717, 1.165) is 17.1 Å². The maximum absolute atomic E-state index is 12.1. The average molecular weight is 369 g/mol. The largest absolute Gasteiger partial charge is 0.494 e. The van der Waals surface area contributed by atoms with Gasteiger partial charge in [-0.2, -0.15) is 4.68 Å². The number of ether oxygens (including phenoxy) is 1. The van der Waals surface area contributed by atoms with E-state index in [9.17, 15) is 4.79 Å². The predicted octanol–water partition coefficient (Wildman–Crippen LogP) is 3.18. The summed E-state index contributed by atoms with van der Waals surface area (Å²) in [6.45, 7) is 2.55. The maximum Gasteiger partial charge on any atom is 0.225 e. The molecular formula is C18H19N5O2S. The van der Waals surface area contributed by atoms with Gasteiger partial charge in [0.05, 0.1) is 12.3 Å². The molecule has 1 amide bonds. The molecule has 0 unspecified atom stereocenters. The Balaban J connectivity index is 1.49. The fourth-order valence-electron chi connectivity index (χ4n) is 2.26. The number of nitrogens with one attached hydrogen (secondary N) is 1. The van der Waals surface area contributed by atoms with E-state index >= 15 is 0 Å². The van der Waals surface area contributed by atoms with Crippen LogP contribution in [0.4, 0.5) is 5.69 Å². The number of hydrogen-bond acceptors (Lipinski definition) is 6. The van der Waals surface area contributed by atoms with Gasteiger partial charge in [0, 0.05) is 17.9 Å². The van der Waals surface area contributed by atoms with Gasteiger partial charge in [0.25, 0.3) is 0 Å². The van der Waals surface area contributed by atoms with Gasteiger partial charge in [-0.1, -0.05) is 30.0 Å². The monoisotopic (exact) mass is 369 g/mol. The van der Waals surface area contributed by atoms with Gasteiger partial charge in [-0.15, -0.1) is 5.10 Å². The van der Waals surface area contributed by atoms with Gasteiger partial charge in [0.2, 0.25) is 11.1 Å². The summed E-state index contributed by atoms with van der Waals surface area (Å²) in [6, 6.07) is 17.0. The Morgan fingerprint density at radius 2 is 1.92 bits per heavy atom. The summed E-state index contributed by atoms with van der Waals surface area (Å²) in [5.41, 5.74) is 1.64. The number of amides is 1. The van der Waals surface area contributed by atoms with Crippen LogP contribution in [-0.2, 0) is 4.79 Å². The topological polar surface area (TPSA) is 81.9 Å². The van der Waals surface area contributed by atoms with Gasteiger partial charge in [-0.05, 0) is 53.7 Å². The molecule has 2 aromatic carbocycles. The smallest absolute Gasteiger partial charge is 0.225 e. The lowest BCUT2D eigenvalue weighted by Gasteiger charge is -2.07. The van der Waals surface area contributed by atoms with Crippen LogP contribution in [0.3, 0.4) is 0 Å². The maximum atomic E-state index is 12.1. The highest BCUT2D eigenvalue weighted by Gasteiger charge is 2.10. The first-order valence-corrected chi connectivity index (χ1v) is 9.24. The minimum Gasteiger partial charge on any atom is -0.494 e. The van der Waals surface area contributed by atoms with Crippen LogP contribution < -0.4 is 10.1 Å². The fraction of sp³-hybridized carbons (Fsp3) is 0.222. The Hall–Kier alpha value is -2.87. The van der Waals surface area contributed by atoms with E-state index in [-0.39, 0.29) is 5.91 Å². The lowest BCUT2D eigenvalue weighted by molar-refractivity contribution is -0.115. The zero-order chi connectivity index (χ0) is 18.2. The quantitative estimate of drug-likeness (QED) is 0.614. The number of rotatable bonds is 8. The minimum atomic E-state index is -0.0552. The minimum absolute atomic E-state index is 0.0552. The summed E-state index contributed by atoms with van der Waals surface area (Å²) in [5, 5.41) is 15.3. The third-order valence-corrected chi connectivity index (χ3v) is 4.37. The summed E-state index contributed by atoms with van der Waals surface area (Å²) in [4.78, 5) is 12.1. The van der Waals surface area contributed by atoms with Crippen LogP contribution in [0.15, 0.2) is 59.8 Å². The van der Waals surface area contributed by atoms with E-state index in [1.165, 1.54) is 11.8 Å². The normalized spacial score (nSPS) is 10.5. The number of para-hydroxylation sites is 1. The van der Waals surface area contributed by atoms with Crippen molar-refractivity contribution in [3.63, 3.8) is 0 Å². The van der Waals surface area contributed by atoms with Crippen molar-refractivity contribution in [2.45, 2.75) is 18.5 Å². The van der Waals surface area contributed by atoms with Gasteiger partial charge in [0.15, 0.2) is 0 Å². The molecule has 1 aromatic heterocycles. The molecule has 0 aliphatic carbocycles. The van der Waals surface area contributed by atoms with Gasteiger partial charge >= 0.3 is 0 Å². The second-order valence-corrected chi connectivity index (χ2v) is 6.37. The number of nitrogens with zero attached hydrogens (tertiary/aromatic N) is 4. The Morgan fingerprint density at radius 3 is 2.65 bits per heavy atom. The molecular weight excluding hydrogens is 350 g/mol. The summed E-state index contributed by atoms with van der Waals surface area (Å²) in [5.74, 6) is 1.31. The van der Waals surface area contributed by atoms with Crippen molar-refractivity contribution in [1.82, 2.24) is 20.2 Å². The van der Waals surface area contributed by atoms with Crippen molar-refractivity contribution in [2.24, 2.45) is 0 Å². The first-order chi connectivity index (χ1) is 12.8. The van der Waals surface area contributed by atoms with Crippen LogP contribution in [0.2, 0.25) is 0 Å². The summed E-state index contributed by atoms with van der Waals surface area (Å²) >= 11 is 1.44. The first kappa shape index (κ1) is 17.9. The molecule has 0 bridgehead atoms. The Morgan fingerprint density at radius 1 is 1.15 bits per heavy atom. The van der Waals surface area contributed by atoms with Gasteiger partial charge in [0.1, 0.15) is 5.75 Å². The van der Waals surface area contributed by atoms with E-state index in [1.807, 2.05) is 61.5 Å². The molecule has 8 heteroatoms. The molecule has 134 valence electrons. The molecule has 0 radical (unpaired) electrons. The Labute approximate surface area is 155 Å². The average Bonchev–Trinajstić information content (AvgIpc) is 3.13. The van der Waals surface area contributed by atoms with Gasteiger partial charge in [-0.25, -0.2) is 0 Å². The SMILES string of the molecule is CCOc1ccc(NC(=O)CCSc2nnnn2-c2ccccc2)cc1. The third kappa shape index (κ3) is 4.82. The number of anilines is 1. The number of carbonyl (C=O) groups excluding carboxylic acids is 1. The van der Waals surface area contributed by atoms with E-state index < -0.39 is 0 Å². The number of aromatic nitrogens is 4. The molecule has 7 nitrogen and oxygen atoms in total. The molecule has 1 N–H and O–H groups in total. The molecule has 0 fully saturated rings. The van der Waals surface area contributed by atoms with E-state index in [2.05, 4.69) is 20.8 Å². The van der Waals surface area contributed by atoms with Crippen molar-refractivity contribution in [2.75, 3.05) is 17.7 Å². The Bertz CT molecular complexity index is 836. The van der Waals surface area contributed by atoms with Crippen LogP contribution in [0, 0.1) is 0 Å². The number of hydrogen-bond donors (Lipinski definition) is 1. The van der Waals surface area contributed by atoms with Gasteiger partial charge in [-0.3, -0.25) is 4.79 Å². The van der Waals surface area contributed by atoms with Crippen LogP contribution in [0.1, 0.15) is 13.3 Å². The molecule has 0 atom stereocenters. The zero-order valence-electron chi connectivity index (χ0n) is 14.3. The van der Waals surface area contributed by atoms with Crippen molar-refractivity contribution < 1.29 is 9.53 Å². The van der Waals surface area contributed by atoms with E-state index in [1.54, 1.807) is 4.68 Å². The highest BCUT2D eigenvalue weighted by atomic mass is 32.2. The molecule has 26 heavy (non-hydrogen) atoms. The lowest BCUT2D eigenvalue weighted by Crippen LogP contribution is -2.12. The molecule has 3 aromatic rings. The van der Waals surface area contributed by atoms with E-state index in [0.29, 0.717) is 23.9 Å². The number of thioether (sulfide) groups is 1. The number of tetrazole rings is 1. The summed E-state index contributed by atoms with van der Waals surface area (Å²) in [6.07, 6.45) is 0.361.